The molecular formula is C19H28N2O5S. The Bertz CT molecular complexity index is 791. The SMILES string of the molecule is COC(=O)[C@@H]1C[C@@H](N(C)S(C)(=O)=O)C[C@H]1C(=O)N[C@@H](C)c1ccc(C)cc1. The second-order valence-electron chi connectivity index (χ2n) is 7.28. The van der Waals surface area contributed by atoms with E-state index < -0.39 is 33.9 Å². The molecule has 0 unspecified atom stereocenters. The first-order valence-electron chi connectivity index (χ1n) is 8.92. The molecular weight excluding hydrogens is 368 g/mol. The zero-order valence-corrected chi connectivity index (χ0v) is 17.2. The van der Waals surface area contributed by atoms with Crippen LogP contribution in [0.2, 0.25) is 0 Å². The molecule has 27 heavy (non-hydrogen) atoms. The van der Waals surface area contributed by atoms with E-state index in [1.807, 2.05) is 38.1 Å². The molecule has 1 amide bonds. The molecule has 4 atom stereocenters. The fourth-order valence-electron chi connectivity index (χ4n) is 3.54. The Kier molecular flexibility index (Phi) is 6.64. The third-order valence-electron chi connectivity index (χ3n) is 5.35. The highest BCUT2D eigenvalue weighted by Gasteiger charge is 2.46. The van der Waals surface area contributed by atoms with Gasteiger partial charge in [0.25, 0.3) is 0 Å². The number of esters is 1. The number of methoxy groups -OCH3 is 1. The minimum absolute atomic E-state index is 0.219. The Hall–Kier alpha value is -1.93. The number of amides is 1. The summed E-state index contributed by atoms with van der Waals surface area (Å²) in [5, 5.41) is 2.95. The van der Waals surface area contributed by atoms with Crippen LogP contribution in [0.3, 0.4) is 0 Å². The van der Waals surface area contributed by atoms with Crippen LogP contribution in [0.25, 0.3) is 0 Å². The van der Waals surface area contributed by atoms with Crippen LogP contribution in [-0.2, 0) is 24.3 Å². The summed E-state index contributed by atoms with van der Waals surface area (Å²) in [6.45, 7) is 3.87. The number of sulfonamides is 1. The van der Waals surface area contributed by atoms with Crippen LogP contribution >= 0.6 is 0 Å². The number of carbonyl (C=O) groups excluding carboxylic acids is 2. The van der Waals surface area contributed by atoms with Gasteiger partial charge in [-0.25, -0.2) is 12.7 Å². The highest BCUT2D eigenvalue weighted by Crippen LogP contribution is 2.36. The van der Waals surface area contributed by atoms with Gasteiger partial charge < -0.3 is 10.1 Å². The summed E-state index contributed by atoms with van der Waals surface area (Å²) in [5.41, 5.74) is 2.09. The van der Waals surface area contributed by atoms with Crippen molar-refractivity contribution in [1.82, 2.24) is 9.62 Å². The summed E-state index contributed by atoms with van der Waals surface area (Å²) >= 11 is 0. The second kappa shape index (κ2) is 8.39. The molecule has 8 heteroatoms. The summed E-state index contributed by atoms with van der Waals surface area (Å²) in [4.78, 5) is 25.0. The van der Waals surface area contributed by atoms with E-state index >= 15 is 0 Å². The number of aryl methyl sites for hydroxylation is 1. The highest BCUT2D eigenvalue weighted by molar-refractivity contribution is 7.88. The van der Waals surface area contributed by atoms with Crippen LogP contribution in [0.5, 0.6) is 0 Å². The fraction of sp³-hybridized carbons (Fsp3) is 0.579. The molecule has 0 saturated heterocycles. The molecule has 0 spiro atoms. The predicted molar refractivity (Wildman–Crippen MR) is 102 cm³/mol. The van der Waals surface area contributed by atoms with Gasteiger partial charge in [0, 0.05) is 13.1 Å². The molecule has 1 fully saturated rings. The lowest BCUT2D eigenvalue weighted by atomic mass is 9.94. The summed E-state index contributed by atoms with van der Waals surface area (Å²) in [5.74, 6) is -2.03. The Balaban J connectivity index is 2.15. The summed E-state index contributed by atoms with van der Waals surface area (Å²) < 4.78 is 29.8. The number of nitrogens with zero attached hydrogens (tertiary/aromatic N) is 1. The van der Waals surface area contributed by atoms with E-state index in [2.05, 4.69) is 5.32 Å². The van der Waals surface area contributed by atoms with Gasteiger partial charge in [0.15, 0.2) is 0 Å². The molecule has 7 nitrogen and oxygen atoms in total. The Morgan fingerprint density at radius 1 is 1.19 bits per heavy atom. The number of hydrogen-bond acceptors (Lipinski definition) is 5. The first kappa shape index (κ1) is 21.4. The predicted octanol–water partition coefficient (Wildman–Crippen LogP) is 1.63. The monoisotopic (exact) mass is 396 g/mol. The van der Waals surface area contributed by atoms with Crippen molar-refractivity contribution in [3.05, 3.63) is 35.4 Å². The lowest BCUT2D eigenvalue weighted by Gasteiger charge is -2.22. The van der Waals surface area contributed by atoms with Gasteiger partial charge in [-0.05, 0) is 32.3 Å². The molecule has 2 rings (SSSR count). The van der Waals surface area contributed by atoms with Crippen molar-refractivity contribution in [2.75, 3.05) is 20.4 Å². The van der Waals surface area contributed by atoms with Crippen molar-refractivity contribution in [3.63, 3.8) is 0 Å². The van der Waals surface area contributed by atoms with E-state index in [0.717, 1.165) is 17.4 Å². The quantitative estimate of drug-likeness (QED) is 0.738. The first-order valence-corrected chi connectivity index (χ1v) is 10.8. The molecule has 0 heterocycles. The molecule has 1 aliphatic carbocycles. The van der Waals surface area contributed by atoms with Crippen molar-refractivity contribution in [3.8, 4) is 0 Å². The van der Waals surface area contributed by atoms with Crippen molar-refractivity contribution in [1.29, 1.82) is 0 Å². The maximum Gasteiger partial charge on any atom is 0.309 e. The van der Waals surface area contributed by atoms with E-state index in [1.165, 1.54) is 18.5 Å². The average molecular weight is 397 g/mol. The number of nitrogens with one attached hydrogen (secondary N) is 1. The number of carbonyl (C=O) groups is 2. The van der Waals surface area contributed by atoms with Gasteiger partial charge in [-0.15, -0.1) is 0 Å². The lowest BCUT2D eigenvalue weighted by Crippen LogP contribution is -2.37. The standard InChI is InChI=1S/C19H28N2O5S/c1-12-6-8-14(9-7-12)13(2)20-18(22)16-10-15(21(3)27(5,24)25)11-17(16)19(23)26-4/h6-9,13,15-17H,10-11H2,1-5H3,(H,20,22)/t13-,15-,16+,17+/m0/s1. The number of hydrogen-bond donors (Lipinski definition) is 1. The maximum absolute atomic E-state index is 12.9. The van der Waals surface area contributed by atoms with Gasteiger partial charge >= 0.3 is 5.97 Å². The van der Waals surface area contributed by atoms with E-state index in [0.29, 0.717) is 0 Å². The van der Waals surface area contributed by atoms with Crippen LogP contribution in [0.1, 0.15) is 36.9 Å². The first-order chi connectivity index (χ1) is 12.5. The van der Waals surface area contributed by atoms with Gasteiger partial charge in [0.1, 0.15) is 0 Å². The van der Waals surface area contributed by atoms with Gasteiger partial charge in [0.05, 0.1) is 31.2 Å². The molecule has 1 N–H and O–H groups in total. The number of ether oxygens (including phenoxy) is 1. The van der Waals surface area contributed by atoms with Crippen molar-refractivity contribution < 1.29 is 22.7 Å². The van der Waals surface area contributed by atoms with Gasteiger partial charge in [-0.3, -0.25) is 9.59 Å². The molecule has 0 radical (unpaired) electrons. The van der Waals surface area contributed by atoms with E-state index in [-0.39, 0.29) is 24.8 Å². The second-order valence-corrected chi connectivity index (χ2v) is 9.32. The zero-order valence-electron chi connectivity index (χ0n) is 16.4. The highest BCUT2D eigenvalue weighted by atomic mass is 32.2. The van der Waals surface area contributed by atoms with Gasteiger partial charge in [0.2, 0.25) is 15.9 Å². The minimum atomic E-state index is -3.41. The number of benzene rings is 1. The Labute approximate surface area is 161 Å². The molecule has 1 aliphatic rings. The van der Waals surface area contributed by atoms with Crippen LogP contribution in [-0.4, -0.2) is 51.1 Å². The zero-order chi connectivity index (χ0) is 20.4. The summed E-state index contributed by atoms with van der Waals surface area (Å²) in [6, 6.07) is 7.22. The summed E-state index contributed by atoms with van der Waals surface area (Å²) in [7, 11) is -0.658. The van der Waals surface area contributed by atoms with Gasteiger partial charge in [-0.2, -0.15) is 0 Å². The van der Waals surface area contributed by atoms with Crippen LogP contribution in [0.15, 0.2) is 24.3 Å². The third kappa shape index (κ3) is 5.07. The number of rotatable bonds is 6. The molecule has 150 valence electrons. The largest absolute Gasteiger partial charge is 0.469 e. The lowest BCUT2D eigenvalue weighted by molar-refractivity contribution is -0.149. The van der Waals surface area contributed by atoms with Crippen molar-refractivity contribution in [2.24, 2.45) is 11.8 Å². The van der Waals surface area contributed by atoms with Crippen LogP contribution in [0.4, 0.5) is 0 Å². The van der Waals surface area contributed by atoms with Gasteiger partial charge in [-0.1, -0.05) is 29.8 Å². The van der Waals surface area contributed by atoms with Crippen LogP contribution < -0.4 is 5.32 Å². The Morgan fingerprint density at radius 3 is 2.26 bits per heavy atom. The molecule has 1 aromatic carbocycles. The molecule has 0 bridgehead atoms. The third-order valence-corrected chi connectivity index (χ3v) is 6.70. The van der Waals surface area contributed by atoms with E-state index in [9.17, 15) is 18.0 Å². The smallest absolute Gasteiger partial charge is 0.309 e. The normalized spacial score (nSPS) is 23.9. The average Bonchev–Trinajstić information content (AvgIpc) is 3.05. The summed E-state index contributed by atoms with van der Waals surface area (Å²) in [6.07, 6.45) is 1.68. The molecule has 0 aromatic heterocycles. The van der Waals surface area contributed by atoms with Crippen LogP contribution in [0, 0.1) is 18.8 Å². The Morgan fingerprint density at radius 2 is 1.74 bits per heavy atom. The molecule has 1 aromatic rings. The maximum atomic E-state index is 12.9. The molecule has 1 saturated carbocycles. The van der Waals surface area contributed by atoms with E-state index in [1.54, 1.807) is 0 Å². The topological polar surface area (TPSA) is 92.8 Å². The van der Waals surface area contributed by atoms with Crippen molar-refractivity contribution in [2.45, 2.75) is 38.8 Å². The van der Waals surface area contributed by atoms with E-state index in [4.69, 9.17) is 4.74 Å². The minimum Gasteiger partial charge on any atom is -0.469 e. The fourth-order valence-corrected chi connectivity index (χ4v) is 4.25. The molecule has 0 aliphatic heterocycles. The van der Waals surface area contributed by atoms with Crippen molar-refractivity contribution >= 4 is 21.9 Å².